The number of furan rings is 1. The molecule has 0 saturated carbocycles. The van der Waals surface area contributed by atoms with Gasteiger partial charge in [0.25, 0.3) is 0 Å². The summed E-state index contributed by atoms with van der Waals surface area (Å²) in [4.78, 5) is 10.6. The standard InChI is InChI=1S/C65H37N5OS/c66-38-52-62(39-16-4-1-5-17-39)67-65(68-63(52)40-18-6-2-7-19-40)47-30-32-55(64-61(47)46-24-11-14-26-58(46)71-64)70-54-31-28-41(42-29-33-60-51(35-42)45-23-12-15-27-59(45)72-60)34-48(54)50-37-56-49(36-57(50)70)44-22-10-13-25-53(44)69(56)43-20-8-3-9-21-43/h1-37H. The van der Waals surface area contributed by atoms with Crippen LogP contribution < -0.4 is 0 Å². The number of thiophene rings is 1. The molecular weight excluding hydrogens is 899 g/mol. The number of hydrogen-bond donors (Lipinski definition) is 0. The van der Waals surface area contributed by atoms with E-state index in [0.29, 0.717) is 28.4 Å². The van der Waals surface area contributed by atoms with Crippen LogP contribution in [0.1, 0.15) is 5.56 Å². The molecule has 0 aliphatic heterocycles. The second kappa shape index (κ2) is 15.7. The van der Waals surface area contributed by atoms with Crippen LogP contribution in [0.4, 0.5) is 0 Å². The topological polar surface area (TPSA) is 72.6 Å². The number of para-hydroxylation sites is 3. The normalized spacial score (nSPS) is 11.9. The number of aromatic nitrogens is 4. The Balaban J connectivity index is 1.03. The molecule has 0 fully saturated rings. The van der Waals surface area contributed by atoms with E-state index in [1.807, 2.05) is 84.1 Å². The minimum Gasteiger partial charge on any atom is -0.454 e. The van der Waals surface area contributed by atoms with E-state index in [2.05, 4.69) is 167 Å². The molecule has 15 rings (SSSR count). The Labute approximate surface area is 416 Å². The predicted molar refractivity (Wildman–Crippen MR) is 297 cm³/mol. The van der Waals surface area contributed by atoms with Crippen LogP contribution in [0, 0.1) is 11.3 Å². The van der Waals surface area contributed by atoms with Gasteiger partial charge in [-0.3, -0.25) is 0 Å². The lowest BCUT2D eigenvalue weighted by molar-refractivity contribution is 0.666. The summed E-state index contributed by atoms with van der Waals surface area (Å²) in [5, 5.41) is 19.8. The van der Waals surface area contributed by atoms with Gasteiger partial charge >= 0.3 is 0 Å². The maximum absolute atomic E-state index is 10.8. The van der Waals surface area contributed by atoms with Crippen molar-refractivity contribution >= 4 is 97.1 Å². The Morgan fingerprint density at radius 2 is 0.972 bits per heavy atom. The molecule has 6 nitrogen and oxygen atoms in total. The lowest BCUT2D eigenvalue weighted by atomic mass is 9.99. The Kier molecular flexibility index (Phi) is 8.79. The van der Waals surface area contributed by atoms with Gasteiger partial charge in [-0.05, 0) is 90.0 Å². The van der Waals surface area contributed by atoms with Crippen molar-refractivity contribution in [3.63, 3.8) is 0 Å². The van der Waals surface area contributed by atoms with Gasteiger partial charge in [-0.2, -0.15) is 5.26 Å². The lowest BCUT2D eigenvalue weighted by Gasteiger charge is -2.14. The Morgan fingerprint density at radius 1 is 0.417 bits per heavy atom. The van der Waals surface area contributed by atoms with Gasteiger partial charge in [-0.25, -0.2) is 9.97 Å². The van der Waals surface area contributed by atoms with Gasteiger partial charge in [-0.1, -0.05) is 146 Å². The van der Waals surface area contributed by atoms with Crippen molar-refractivity contribution in [3.05, 3.63) is 230 Å². The number of fused-ring (bicyclic) bond motifs is 12. The Hall–Kier alpha value is -9.61. The van der Waals surface area contributed by atoms with Crippen LogP contribution in [0.3, 0.4) is 0 Å². The zero-order chi connectivity index (χ0) is 47.4. The van der Waals surface area contributed by atoms with Crippen LogP contribution in [0.25, 0.3) is 142 Å². The zero-order valence-electron chi connectivity index (χ0n) is 38.4. The summed E-state index contributed by atoms with van der Waals surface area (Å²) in [6, 6.07) is 81.4. The highest BCUT2D eigenvalue weighted by Gasteiger charge is 2.26. The third kappa shape index (κ3) is 6.00. The number of hydrogen-bond acceptors (Lipinski definition) is 5. The summed E-state index contributed by atoms with van der Waals surface area (Å²) in [7, 11) is 0. The molecule has 0 aliphatic carbocycles. The van der Waals surface area contributed by atoms with E-state index in [-0.39, 0.29) is 0 Å². The highest BCUT2D eigenvalue weighted by atomic mass is 32.1. The molecule has 5 heterocycles. The first-order chi connectivity index (χ1) is 35.7. The van der Waals surface area contributed by atoms with Crippen LogP contribution >= 0.6 is 11.3 Å². The van der Waals surface area contributed by atoms with Crippen molar-refractivity contribution < 1.29 is 4.42 Å². The molecule has 0 aliphatic rings. The molecule has 0 saturated heterocycles. The molecule has 10 aromatic carbocycles. The van der Waals surface area contributed by atoms with Gasteiger partial charge in [0.15, 0.2) is 11.4 Å². The minimum atomic E-state index is 0.425. The molecule has 0 radical (unpaired) electrons. The van der Waals surface area contributed by atoms with E-state index in [1.54, 1.807) is 0 Å². The Bertz CT molecular complexity index is 4690. The molecule has 0 spiro atoms. The first-order valence-corrected chi connectivity index (χ1v) is 24.8. The van der Waals surface area contributed by atoms with Gasteiger partial charge in [0.2, 0.25) is 0 Å². The molecule has 7 heteroatoms. The zero-order valence-corrected chi connectivity index (χ0v) is 39.2. The number of rotatable bonds is 6. The molecule has 0 unspecified atom stereocenters. The van der Waals surface area contributed by atoms with Crippen molar-refractivity contribution in [1.82, 2.24) is 19.1 Å². The van der Waals surface area contributed by atoms with Gasteiger partial charge in [0.1, 0.15) is 17.2 Å². The monoisotopic (exact) mass is 935 g/mol. The van der Waals surface area contributed by atoms with Crippen LogP contribution in [0.15, 0.2) is 229 Å². The molecule has 5 aromatic heterocycles. The maximum Gasteiger partial charge on any atom is 0.161 e. The smallest absolute Gasteiger partial charge is 0.161 e. The molecule has 72 heavy (non-hydrogen) atoms. The fourth-order valence-corrected chi connectivity index (χ4v) is 12.2. The summed E-state index contributed by atoms with van der Waals surface area (Å²) >= 11 is 1.84. The third-order valence-corrected chi connectivity index (χ3v) is 15.5. The van der Waals surface area contributed by atoms with Crippen molar-refractivity contribution in [2.45, 2.75) is 0 Å². The quantitative estimate of drug-likeness (QED) is 0.166. The average molecular weight is 936 g/mol. The summed E-state index contributed by atoms with van der Waals surface area (Å²) in [6.45, 7) is 0. The highest BCUT2D eigenvalue weighted by molar-refractivity contribution is 7.25. The molecule has 0 N–H and O–H groups in total. The van der Waals surface area contributed by atoms with Crippen molar-refractivity contribution in [3.8, 4) is 62.5 Å². The second-order valence-corrected chi connectivity index (χ2v) is 19.4. The van der Waals surface area contributed by atoms with E-state index < -0.39 is 0 Å². The molecule has 334 valence electrons. The van der Waals surface area contributed by atoms with E-state index in [4.69, 9.17) is 14.4 Å². The van der Waals surface area contributed by atoms with E-state index in [1.165, 1.54) is 31.1 Å². The molecule has 0 bridgehead atoms. The summed E-state index contributed by atoms with van der Waals surface area (Å²) in [5.41, 5.74) is 14.3. The van der Waals surface area contributed by atoms with Crippen LogP contribution in [0.2, 0.25) is 0 Å². The van der Waals surface area contributed by atoms with E-state index in [9.17, 15) is 5.26 Å². The summed E-state index contributed by atoms with van der Waals surface area (Å²) < 4.78 is 14.4. The first kappa shape index (κ1) is 40.3. The van der Waals surface area contributed by atoms with Crippen LogP contribution in [-0.4, -0.2) is 19.1 Å². The predicted octanol–water partition coefficient (Wildman–Crippen LogP) is 17.5. The molecule has 0 atom stereocenters. The highest BCUT2D eigenvalue weighted by Crippen LogP contribution is 2.46. The average Bonchev–Trinajstić information content (AvgIpc) is 4.20. The summed E-state index contributed by atoms with van der Waals surface area (Å²) in [5.74, 6) is 0.507. The van der Waals surface area contributed by atoms with Gasteiger partial charge in [0, 0.05) is 74.9 Å². The second-order valence-electron chi connectivity index (χ2n) is 18.3. The Morgan fingerprint density at radius 3 is 1.71 bits per heavy atom. The molecule has 0 amide bonds. The van der Waals surface area contributed by atoms with Crippen molar-refractivity contribution in [2.24, 2.45) is 0 Å². The van der Waals surface area contributed by atoms with Crippen LogP contribution in [0.5, 0.6) is 0 Å². The maximum atomic E-state index is 10.8. The van der Waals surface area contributed by atoms with Gasteiger partial charge in [-0.15, -0.1) is 11.3 Å². The van der Waals surface area contributed by atoms with Gasteiger partial charge < -0.3 is 13.6 Å². The SMILES string of the molecule is N#Cc1c(-c2ccccc2)nc(-c2ccc(-n3c4ccc(-c5ccc6sc7ccccc7c6c5)cc4c4cc5c(cc43)c3ccccc3n5-c3ccccc3)c3oc4ccccc4c23)nc1-c1ccccc1. The van der Waals surface area contributed by atoms with E-state index >= 15 is 0 Å². The van der Waals surface area contributed by atoms with E-state index in [0.717, 1.165) is 88.2 Å². The number of nitriles is 1. The number of nitrogens with zero attached hydrogens (tertiary/aromatic N) is 5. The van der Waals surface area contributed by atoms with Crippen LogP contribution in [-0.2, 0) is 0 Å². The lowest BCUT2D eigenvalue weighted by Crippen LogP contribution is -2.02. The number of benzene rings is 10. The van der Waals surface area contributed by atoms with Crippen molar-refractivity contribution in [1.29, 1.82) is 5.26 Å². The summed E-state index contributed by atoms with van der Waals surface area (Å²) in [6.07, 6.45) is 0. The largest absolute Gasteiger partial charge is 0.454 e. The van der Waals surface area contributed by atoms with Gasteiger partial charge in [0.05, 0.1) is 39.1 Å². The fourth-order valence-electron chi connectivity index (χ4n) is 11.2. The molecule has 15 aromatic rings. The minimum absolute atomic E-state index is 0.425. The molecular formula is C65H37N5OS. The first-order valence-electron chi connectivity index (χ1n) is 24.0. The third-order valence-electron chi connectivity index (χ3n) is 14.4. The van der Waals surface area contributed by atoms with Crippen molar-refractivity contribution in [2.75, 3.05) is 0 Å². The fraction of sp³-hybridized carbons (Fsp3) is 0.